The Balaban J connectivity index is 2.82. The molecule has 0 bridgehead atoms. The van der Waals surface area contributed by atoms with Crippen LogP contribution < -0.4 is 10.5 Å². The van der Waals surface area contributed by atoms with Gasteiger partial charge in [0.1, 0.15) is 5.75 Å². The summed E-state index contributed by atoms with van der Waals surface area (Å²) in [4.78, 5) is 0. The van der Waals surface area contributed by atoms with Gasteiger partial charge in [-0.15, -0.1) is 0 Å². The highest BCUT2D eigenvalue weighted by Crippen LogP contribution is 2.43. The van der Waals surface area contributed by atoms with E-state index in [1.165, 1.54) is 24.3 Å². The Hall–Kier alpha value is -0.450. The zero-order valence-corrected chi connectivity index (χ0v) is 9.45. The van der Waals surface area contributed by atoms with Gasteiger partial charge in [-0.3, -0.25) is 0 Å². The van der Waals surface area contributed by atoms with Crippen LogP contribution in [0.25, 0.3) is 0 Å². The van der Waals surface area contributed by atoms with Gasteiger partial charge in [-0.05, 0) is 24.3 Å². The molecule has 0 atom stereocenters. The second-order valence-corrected chi connectivity index (χ2v) is 4.97. The molecule has 0 saturated carbocycles. The van der Waals surface area contributed by atoms with E-state index < -0.39 is 9.90 Å². The van der Waals surface area contributed by atoms with E-state index in [0.717, 1.165) is 0 Å². The standard InChI is InChI=1S/C8H6Cl3F2NO/c9-7(10,11)8(12,13)15-6-3-1-5(14)2-4-6/h1-4H,14H2. The molecule has 0 fully saturated rings. The van der Waals surface area contributed by atoms with Crippen LogP contribution in [0.3, 0.4) is 0 Å². The number of hydrogen-bond acceptors (Lipinski definition) is 2. The van der Waals surface area contributed by atoms with Crippen LogP contribution in [0.2, 0.25) is 0 Å². The van der Waals surface area contributed by atoms with Crippen molar-refractivity contribution in [3.05, 3.63) is 24.3 Å². The predicted octanol–water partition coefficient (Wildman–Crippen LogP) is 3.61. The molecule has 0 aliphatic rings. The van der Waals surface area contributed by atoms with Crippen LogP contribution >= 0.6 is 34.8 Å². The summed E-state index contributed by atoms with van der Waals surface area (Å²) in [6, 6.07) is 5.28. The van der Waals surface area contributed by atoms with E-state index in [1.54, 1.807) is 0 Å². The Labute approximate surface area is 99.9 Å². The maximum atomic E-state index is 13.1. The SMILES string of the molecule is Nc1ccc(OC(F)(F)C(Cl)(Cl)Cl)cc1. The van der Waals surface area contributed by atoms with Crippen molar-refractivity contribution in [2.75, 3.05) is 5.73 Å². The lowest BCUT2D eigenvalue weighted by Crippen LogP contribution is -2.39. The highest BCUT2D eigenvalue weighted by atomic mass is 35.6. The fraction of sp³-hybridized carbons (Fsp3) is 0.250. The second kappa shape index (κ2) is 4.20. The third-order valence-corrected chi connectivity index (χ3v) is 2.12. The van der Waals surface area contributed by atoms with Crippen LogP contribution in [-0.4, -0.2) is 9.90 Å². The summed E-state index contributed by atoms with van der Waals surface area (Å²) in [5, 5.41) is 0. The third kappa shape index (κ3) is 3.26. The van der Waals surface area contributed by atoms with Gasteiger partial charge in [0.25, 0.3) is 3.79 Å². The molecule has 0 aliphatic carbocycles. The van der Waals surface area contributed by atoms with E-state index in [9.17, 15) is 8.78 Å². The highest BCUT2D eigenvalue weighted by Gasteiger charge is 2.53. The average Bonchev–Trinajstić information content (AvgIpc) is 2.06. The smallest absolute Gasteiger partial charge is 0.429 e. The molecular formula is C8H6Cl3F2NO. The Morgan fingerprint density at radius 2 is 1.53 bits per heavy atom. The lowest BCUT2D eigenvalue weighted by atomic mass is 10.3. The number of rotatable bonds is 2. The second-order valence-electron chi connectivity index (χ2n) is 2.69. The van der Waals surface area contributed by atoms with Gasteiger partial charge in [0.05, 0.1) is 0 Å². The quantitative estimate of drug-likeness (QED) is 0.661. The van der Waals surface area contributed by atoms with Crippen LogP contribution in [-0.2, 0) is 0 Å². The first-order valence-electron chi connectivity index (χ1n) is 3.71. The van der Waals surface area contributed by atoms with Crippen molar-refractivity contribution >= 4 is 40.5 Å². The van der Waals surface area contributed by atoms with E-state index in [1.807, 2.05) is 0 Å². The van der Waals surface area contributed by atoms with E-state index in [4.69, 9.17) is 40.5 Å². The molecule has 1 rings (SSSR count). The van der Waals surface area contributed by atoms with Crippen molar-refractivity contribution in [2.45, 2.75) is 9.90 Å². The Kier molecular flexibility index (Phi) is 3.53. The number of halogens is 5. The van der Waals surface area contributed by atoms with E-state index >= 15 is 0 Å². The predicted molar refractivity (Wildman–Crippen MR) is 56.7 cm³/mol. The molecule has 0 heterocycles. The van der Waals surface area contributed by atoms with E-state index in [-0.39, 0.29) is 5.75 Å². The van der Waals surface area contributed by atoms with E-state index in [0.29, 0.717) is 5.69 Å². The summed E-state index contributed by atoms with van der Waals surface area (Å²) in [6.45, 7) is 0. The Bertz CT molecular complexity index is 337. The summed E-state index contributed by atoms with van der Waals surface area (Å²) < 4.78 is 27.5. The van der Waals surface area contributed by atoms with Crippen molar-refractivity contribution < 1.29 is 13.5 Å². The minimum atomic E-state index is -3.91. The lowest BCUT2D eigenvalue weighted by molar-refractivity contribution is -0.171. The molecule has 0 spiro atoms. The van der Waals surface area contributed by atoms with Crippen LogP contribution in [0.15, 0.2) is 24.3 Å². The van der Waals surface area contributed by atoms with Gasteiger partial charge in [-0.25, -0.2) is 0 Å². The van der Waals surface area contributed by atoms with Crippen molar-refractivity contribution in [2.24, 2.45) is 0 Å². The first kappa shape index (κ1) is 12.6. The van der Waals surface area contributed by atoms with Crippen LogP contribution in [0.4, 0.5) is 14.5 Å². The van der Waals surface area contributed by atoms with Gasteiger partial charge in [0.2, 0.25) is 0 Å². The number of alkyl halides is 5. The number of nitrogen functional groups attached to an aromatic ring is 1. The molecule has 2 N–H and O–H groups in total. The Morgan fingerprint density at radius 3 is 1.93 bits per heavy atom. The fourth-order valence-corrected chi connectivity index (χ4v) is 0.857. The molecule has 15 heavy (non-hydrogen) atoms. The monoisotopic (exact) mass is 275 g/mol. The summed E-state index contributed by atoms with van der Waals surface area (Å²) in [5.41, 5.74) is 5.77. The molecule has 0 amide bonds. The summed E-state index contributed by atoms with van der Waals surface area (Å²) in [7, 11) is 0. The minimum Gasteiger partial charge on any atom is -0.429 e. The molecular weight excluding hydrogens is 270 g/mol. The molecule has 1 aromatic rings. The molecule has 1 aromatic carbocycles. The van der Waals surface area contributed by atoms with Crippen molar-refractivity contribution in [1.82, 2.24) is 0 Å². The van der Waals surface area contributed by atoms with Crippen LogP contribution in [0, 0.1) is 0 Å². The van der Waals surface area contributed by atoms with Gasteiger partial charge in [-0.1, -0.05) is 34.8 Å². The average molecular weight is 276 g/mol. The molecule has 0 radical (unpaired) electrons. The van der Waals surface area contributed by atoms with Gasteiger partial charge in [0.15, 0.2) is 0 Å². The fourth-order valence-electron chi connectivity index (χ4n) is 0.742. The largest absolute Gasteiger partial charge is 0.446 e. The molecule has 2 nitrogen and oxygen atoms in total. The highest BCUT2D eigenvalue weighted by molar-refractivity contribution is 6.68. The van der Waals surface area contributed by atoms with Crippen molar-refractivity contribution in [1.29, 1.82) is 0 Å². The lowest BCUT2D eigenvalue weighted by Gasteiger charge is -2.24. The molecule has 0 unspecified atom stereocenters. The molecule has 0 aromatic heterocycles. The number of ether oxygens (including phenoxy) is 1. The summed E-state index contributed by atoms with van der Waals surface area (Å²) in [6.07, 6.45) is -3.91. The van der Waals surface area contributed by atoms with Crippen molar-refractivity contribution in [3.8, 4) is 5.75 Å². The first-order valence-corrected chi connectivity index (χ1v) is 4.85. The third-order valence-electron chi connectivity index (χ3n) is 1.46. The number of hydrogen-bond donors (Lipinski definition) is 1. The zero-order valence-electron chi connectivity index (χ0n) is 7.18. The maximum Gasteiger partial charge on any atom is 0.446 e. The van der Waals surface area contributed by atoms with Gasteiger partial charge in [-0.2, -0.15) is 8.78 Å². The number of anilines is 1. The molecule has 0 aliphatic heterocycles. The van der Waals surface area contributed by atoms with E-state index in [2.05, 4.69) is 4.74 Å². The van der Waals surface area contributed by atoms with Gasteiger partial charge in [0, 0.05) is 5.69 Å². The molecule has 0 saturated heterocycles. The first-order chi connectivity index (χ1) is 6.72. The Morgan fingerprint density at radius 1 is 1.07 bits per heavy atom. The summed E-state index contributed by atoms with van der Waals surface area (Å²) in [5.74, 6) is -0.138. The summed E-state index contributed by atoms with van der Waals surface area (Å²) >= 11 is 15.1. The number of nitrogens with two attached hydrogens (primary N) is 1. The topological polar surface area (TPSA) is 35.2 Å². The van der Waals surface area contributed by atoms with Crippen molar-refractivity contribution in [3.63, 3.8) is 0 Å². The van der Waals surface area contributed by atoms with Crippen LogP contribution in [0.5, 0.6) is 5.75 Å². The van der Waals surface area contributed by atoms with Crippen LogP contribution in [0.1, 0.15) is 0 Å². The molecule has 7 heteroatoms. The number of benzene rings is 1. The molecule has 84 valence electrons. The van der Waals surface area contributed by atoms with Gasteiger partial charge < -0.3 is 10.5 Å². The maximum absolute atomic E-state index is 13.1. The normalized spacial score (nSPS) is 12.6. The van der Waals surface area contributed by atoms with Gasteiger partial charge >= 0.3 is 6.11 Å². The zero-order chi connectivity index (χ0) is 11.7. The minimum absolute atomic E-state index is 0.138.